The lowest BCUT2D eigenvalue weighted by atomic mass is 9.77. The predicted molar refractivity (Wildman–Crippen MR) is 102 cm³/mol. The first-order chi connectivity index (χ1) is 13.2. The second kappa shape index (κ2) is 6.22. The maximum atomic E-state index is 13.2. The van der Waals surface area contributed by atoms with Gasteiger partial charge in [0, 0.05) is 48.4 Å². The standard InChI is InChI=1S/C21H24N4O2/c26-18-6-2-11-25(18)17-5-1-4-15(12-17)20(27)24-10-3-8-21(14-24)9-7-16-13-22-23-19(16)21/h1,4-5,12-13H,2-3,6-11,14H2,(H,22,23). The maximum Gasteiger partial charge on any atom is 0.253 e. The largest absolute Gasteiger partial charge is 0.338 e. The van der Waals surface area contributed by atoms with Crippen LogP contribution in [0.15, 0.2) is 30.5 Å². The molecule has 0 bridgehead atoms. The fourth-order valence-corrected chi connectivity index (χ4v) is 5.08. The van der Waals surface area contributed by atoms with Gasteiger partial charge in [-0.3, -0.25) is 14.7 Å². The van der Waals surface area contributed by atoms with Gasteiger partial charge in [-0.1, -0.05) is 6.07 Å². The molecule has 2 fully saturated rings. The number of piperidine rings is 1. The Morgan fingerprint density at radius 1 is 1.15 bits per heavy atom. The van der Waals surface area contributed by atoms with Crippen LogP contribution in [0, 0.1) is 0 Å². The van der Waals surface area contributed by atoms with Gasteiger partial charge in [-0.15, -0.1) is 0 Å². The van der Waals surface area contributed by atoms with Crippen LogP contribution >= 0.6 is 0 Å². The van der Waals surface area contributed by atoms with Crippen LogP contribution < -0.4 is 4.90 Å². The SMILES string of the molecule is O=C(c1cccc(N2CCCC2=O)c1)N1CCCC2(CCc3cn[nH]c32)C1. The number of hydrogen-bond acceptors (Lipinski definition) is 3. The van der Waals surface area contributed by atoms with E-state index in [0.29, 0.717) is 12.0 Å². The number of amides is 2. The van der Waals surface area contributed by atoms with E-state index in [1.807, 2.05) is 35.4 Å². The van der Waals surface area contributed by atoms with Gasteiger partial charge in [0.25, 0.3) is 5.91 Å². The maximum absolute atomic E-state index is 13.2. The van der Waals surface area contributed by atoms with Crippen molar-refractivity contribution in [1.82, 2.24) is 15.1 Å². The van der Waals surface area contributed by atoms with E-state index >= 15 is 0 Å². The van der Waals surface area contributed by atoms with Gasteiger partial charge < -0.3 is 9.80 Å². The van der Waals surface area contributed by atoms with Gasteiger partial charge in [0.2, 0.25) is 5.91 Å². The molecule has 1 aromatic carbocycles. The number of aromatic nitrogens is 2. The fourth-order valence-electron chi connectivity index (χ4n) is 5.08. The highest BCUT2D eigenvalue weighted by molar-refractivity contribution is 5.99. The summed E-state index contributed by atoms with van der Waals surface area (Å²) < 4.78 is 0. The van der Waals surface area contributed by atoms with Crippen LogP contribution in [-0.4, -0.2) is 46.5 Å². The van der Waals surface area contributed by atoms with E-state index < -0.39 is 0 Å². The summed E-state index contributed by atoms with van der Waals surface area (Å²) in [6.07, 6.45) is 7.66. The van der Waals surface area contributed by atoms with E-state index in [-0.39, 0.29) is 17.2 Å². The number of H-pyrrole nitrogens is 1. The van der Waals surface area contributed by atoms with Gasteiger partial charge in [-0.05, 0) is 55.9 Å². The lowest BCUT2D eigenvalue weighted by Gasteiger charge is -2.40. The Morgan fingerprint density at radius 3 is 2.93 bits per heavy atom. The quantitative estimate of drug-likeness (QED) is 0.891. The monoisotopic (exact) mass is 364 g/mol. The van der Waals surface area contributed by atoms with Crippen LogP contribution in [0.3, 0.4) is 0 Å². The number of fused-ring (bicyclic) bond motifs is 2. The minimum absolute atomic E-state index is 0.0300. The van der Waals surface area contributed by atoms with Gasteiger partial charge in [0.05, 0.1) is 6.20 Å². The van der Waals surface area contributed by atoms with Crippen LogP contribution in [0.1, 0.15) is 53.7 Å². The molecule has 6 nitrogen and oxygen atoms in total. The molecule has 1 unspecified atom stereocenters. The third-order valence-electron chi connectivity index (χ3n) is 6.46. The molecule has 140 valence electrons. The van der Waals surface area contributed by atoms with Crippen LogP contribution in [0.5, 0.6) is 0 Å². The summed E-state index contributed by atoms with van der Waals surface area (Å²) in [4.78, 5) is 29.1. The first-order valence-corrected chi connectivity index (χ1v) is 9.89. The molecule has 2 saturated heterocycles. The molecule has 1 aromatic heterocycles. The number of likely N-dealkylation sites (tertiary alicyclic amines) is 1. The number of carbonyl (C=O) groups is 2. The molecular weight excluding hydrogens is 340 g/mol. The molecule has 3 aliphatic rings. The van der Waals surface area contributed by atoms with Gasteiger partial charge in [-0.25, -0.2) is 0 Å². The number of carbonyl (C=O) groups excluding carboxylic acids is 2. The van der Waals surface area contributed by atoms with Gasteiger partial charge in [0.15, 0.2) is 0 Å². The molecule has 27 heavy (non-hydrogen) atoms. The van der Waals surface area contributed by atoms with Crippen LogP contribution in [0.4, 0.5) is 5.69 Å². The summed E-state index contributed by atoms with van der Waals surface area (Å²) in [5, 5.41) is 7.41. The van der Waals surface area contributed by atoms with Crippen molar-refractivity contribution < 1.29 is 9.59 Å². The molecule has 3 heterocycles. The molecular formula is C21H24N4O2. The highest BCUT2D eigenvalue weighted by Crippen LogP contribution is 2.44. The number of rotatable bonds is 2. The van der Waals surface area contributed by atoms with E-state index in [9.17, 15) is 9.59 Å². The van der Waals surface area contributed by atoms with E-state index in [1.165, 1.54) is 11.3 Å². The number of anilines is 1. The summed E-state index contributed by atoms with van der Waals surface area (Å²) in [5.74, 6) is 0.213. The molecule has 0 radical (unpaired) electrons. The van der Waals surface area contributed by atoms with Crippen LogP contribution in [-0.2, 0) is 16.6 Å². The van der Waals surface area contributed by atoms with Crippen molar-refractivity contribution >= 4 is 17.5 Å². The first kappa shape index (κ1) is 16.5. The number of aromatic amines is 1. The van der Waals surface area contributed by atoms with E-state index in [2.05, 4.69) is 10.2 Å². The van der Waals surface area contributed by atoms with Crippen LogP contribution in [0.2, 0.25) is 0 Å². The molecule has 6 heteroatoms. The number of nitrogens with one attached hydrogen (secondary N) is 1. The van der Waals surface area contributed by atoms with Crippen molar-refractivity contribution in [2.24, 2.45) is 0 Å². The highest BCUT2D eigenvalue weighted by atomic mass is 16.2. The second-order valence-electron chi connectivity index (χ2n) is 8.08. The molecule has 2 aliphatic heterocycles. The normalized spacial score (nSPS) is 24.7. The topological polar surface area (TPSA) is 69.3 Å². The highest BCUT2D eigenvalue weighted by Gasteiger charge is 2.44. The number of nitrogens with zero attached hydrogens (tertiary/aromatic N) is 3. The van der Waals surface area contributed by atoms with E-state index in [0.717, 1.165) is 57.4 Å². The number of hydrogen-bond donors (Lipinski definition) is 1. The Bertz CT molecular complexity index is 905. The van der Waals surface area contributed by atoms with E-state index in [4.69, 9.17) is 0 Å². The minimum Gasteiger partial charge on any atom is -0.338 e. The second-order valence-corrected chi connectivity index (χ2v) is 8.08. The van der Waals surface area contributed by atoms with Crippen molar-refractivity contribution in [3.63, 3.8) is 0 Å². The predicted octanol–water partition coefficient (Wildman–Crippen LogP) is 2.66. The zero-order valence-corrected chi connectivity index (χ0v) is 15.4. The zero-order valence-electron chi connectivity index (χ0n) is 15.4. The van der Waals surface area contributed by atoms with Gasteiger partial charge >= 0.3 is 0 Å². The average Bonchev–Trinajstić information content (AvgIpc) is 3.41. The molecule has 1 atom stereocenters. The summed E-state index contributed by atoms with van der Waals surface area (Å²) in [6.45, 7) is 2.27. The molecule has 0 saturated carbocycles. The molecule has 1 N–H and O–H groups in total. The van der Waals surface area contributed by atoms with Crippen molar-refractivity contribution in [2.45, 2.75) is 43.9 Å². The minimum atomic E-state index is 0.0300. The summed E-state index contributed by atoms with van der Waals surface area (Å²) in [6, 6.07) is 7.55. The smallest absolute Gasteiger partial charge is 0.253 e. The van der Waals surface area contributed by atoms with Crippen molar-refractivity contribution in [2.75, 3.05) is 24.5 Å². The Hall–Kier alpha value is -2.63. The van der Waals surface area contributed by atoms with Crippen molar-refractivity contribution in [1.29, 1.82) is 0 Å². The average molecular weight is 364 g/mol. The lowest BCUT2D eigenvalue weighted by Crippen LogP contribution is -2.47. The third kappa shape index (κ3) is 2.66. The number of aryl methyl sites for hydroxylation is 1. The lowest BCUT2D eigenvalue weighted by molar-refractivity contribution is -0.117. The summed E-state index contributed by atoms with van der Waals surface area (Å²) in [5.41, 5.74) is 4.08. The molecule has 2 amide bonds. The van der Waals surface area contributed by atoms with Gasteiger partial charge in [0.1, 0.15) is 0 Å². The van der Waals surface area contributed by atoms with E-state index in [1.54, 1.807) is 4.90 Å². The fraction of sp³-hybridized carbons (Fsp3) is 0.476. The Morgan fingerprint density at radius 2 is 2.07 bits per heavy atom. The zero-order chi connectivity index (χ0) is 18.4. The Balaban J connectivity index is 1.39. The molecule has 5 rings (SSSR count). The van der Waals surface area contributed by atoms with Crippen LogP contribution in [0.25, 0.3) is 0 Å². The molecule has 1 aliphatic carbocycles. The van der Waals surface area contributed by atoms with Gasteiger partial charge in [-0.2, -0.15) is 5.10 Å². The summed E-state index contributed by atoms with van der Waals surface area (Å²) in [7, 11) is 0. The summed E-state index contributed by atoms with van der Waals surface area (Å²) >= 11 is 0. The third-order valence-corrected chi connectivity index (χ3v) is 6.46. The molecule has 1 spiro atoms. The Labute approximate surface area is 158 Å². The Kier molecular flexibility index (Phi) is 3.81. The first-order valence-electron chi connectivity index (χ1n) is 9.89. The number of benzene rings is 1. The van der Waals surface area contributed by atoms with Crippen molar-refractivity contribution in [3.8, 4) is 0 Å². The molecule has 2 aromatic rings. The van der Waals surface area contributed by atoms with Crippen molar-refractivity contribution in [3.05, 3.63) is 47.3 Å².